The van der Waals surface area contributed by atoms with Crippen LogP contribution in [0.4, 0.5) is 0 Å². The van der Waals surface area contributed by atoms with Gasteiger partial charge in [0.05, 0.1) is 6.61 Å². The van der Waals surface area contributed by atoms with Gasteiger partial charge in [0.15, 0.2) is 11.5 Å². The van der Waals surface area contributed by atoms with Crippen LogP contribution >= 0.6 is 0 Å². The van der Waals surface area contributed by atoms with Crippen molar-refractivity contribution in [1.29, 1.82) is 0 Å². The smallest absolute Gasteiger partial charge is 0.335 e. The van der Waals surface area contributed by atoms with Gasteiger partial charge in [-0.3, -0.25) is 0 Å². The van der Waals surface area contributed by atoms with Gasteiger partial charge < -0.3 is 19.3 Å². The molecule has 5 nitrogen and oxygen atoms in total. The summed E-state index contributed by atoms with van der Waals surface area (Å²) >= 11 is 0. The molecule has 0 amide bonds. The molecule has 0 radical (unpaired) electrons. The van der Waals surface area contributed by atoms with E-state index in [2.05, 4.69) is 74.2 Å². The standard InChI is InChI=1S/C31H30O5/c1-4-22-7-5-6-8-28(22)27-12-11-23-17-24(9-10-25(23)18-27)26-13-14-29(34-16-15-32)30(19-26)35-20-36-31(33)21(2)3/h5-14,17-19,32H,2,4,15-16,20H2,1,3H3. The van der Waals surface area contributed by atoms with Gasteiger partial charge in [-0.15, -0.1) is 0 Å². The zero-order chi connectivity index (χ0) is 25.5. The quantitative estimate of drug-likeness (QED) is 0.157. The number of carbonyl (C=O) groups excluding carboxylic acids is 1. The summed E-state index contributed by atoms with van der Waals surface area (Å²) < 4.78 is 16.4. The van der Waals surface area contributed by atoms with Crippen molar-refractivity contribution in [2.75, 3.05) is 20.0 Å². The van der Waals surface area contributed by atoms with E-state index in [4.69, 9.17) is 19.3 Å². The molecule has 0 aliphatic heterocycles. The number of benzene rings is 4. The Labute approximate surface area is 211 Å². The normalized spacial score (nSPS) is 10.8. The first-order chi connectivity index (χ1) is 17.5. The molecule has 0 unspecified atom stereocenters. The summed E-state index contributed by atoms with van der Waals surface area (Å²) in [6.45, 7) is 7.04. The van der Waals surface area contributed by atoms with E-state index >= 15 is 0 Å². The van der Waals surface area contributed by atoms with E-state index in [1.807, 2.05) is 12.1 Å². The Hall–Kier alpha value is -4.09. The highest BCUT2D eigenvalue weighted by atomic mass is 16.7. The summed E-state index contributed by atoms with van der Waals surface area (Å²) in [5.41, 5.74) is 6.04. The second kappa shape index (κ2) is 11.6. The first-order valence-corrected chi connectivity index (χ1v) is 12.0. The molecule has 0 aliphatic carbocycles. The summed E-state index contributed by atoms with van der Waals surface area (Å²) in [6, 6.07) is 26.9. The Balaban J connectivity index is 1.62. The molecule has 0 atom stereocenters. The Bertz CT molecular complexity index is 1390. The lowest BCUT2D eigenvalue weighted by molar-refractivity contribution is -0.145. The molecule has 0 heterocycles. The largest absolute Gasteiger partial charge is 0.487 e. The van der Waals surface area contributed by atoms with E-state index in [1.165, 1.54) is 16.7 Å². The Morgan fingerprint density at radius 1 is 0.833 bits per heavy atom. The van der Waals surface area contributed by atoms with Crippen molar-refractivity contribution in [3.05, 3.63) is 96.6 Å². The van der Waals surface area contributed by atoms with Crippen LogP contribution in [0, 0.1) is 0 Å². The molecule has 0 aromatic heterocycles. The highest BCUT2D eigenvalue weighted by Gasteiger charge is 2.11. The van der Waals surface area contributed by atoms with Gasteiger partial charge in [-0.1, -0.05) is 68.1 Å². The van der Waals surface area contributed by atoms with E-state index in [0.717, 1.165) is 28.3 Å². The van der Waals surface area contributed by atoms with Crippen molar-refractivity contribution in [3.63, 3.8) is 0 Å². The van der Waals surface area contributed by atoms with Gasteiger partial charge in [-0.05, 0) is 76.2 Å². The van der Waals surface area contributed by atoms with Crippen LogP contribution in [0.25, 0.3) is 33.0 Å². The second-order valence-corrected chi connectivity index (χ2v) is 8.50. The van der Waals surface area contributed by atoms with Crippen molar-refractivity contribution >= 4 is 16.7 Å². The first kappa shape index (κ1) is 25.0. The number of fused-ring (bicyclic) bond motifs is 1. The van der Waals surface area contributed by atoms with Gasteiger partial charge in [0.1, 0.15) is 6.61 Å². The first-order valence-electron chi connectivity index (χ1n) is 12.0. The molecule has 4 aromatic carbocycles. The molecule has 0 bridgehead atoms. The number of carbonyl (C=O) groups is 1. The fourth-order valence-electron chi connectivity index (χ4n) is 4.05. The van der Waals surface area contributed by atoms with E-state index < -0.39 is 5.97 Å². The monoisotopic (exact) mass is 482 g/mol. The average molecular weight is 483 g/mol. The van der Waals surface area contributed by atoms with Crippen molar-refractivity contribution in [2.45, 2.75) is 20.3 Å². The van der Waals surface area contributed by atoms with Crippen molar-refractivity contribution < 1.29 is 24.1 Å². The second-order valence-electron chi connectivity index (χ2n) is 8.50. The molecule has 36 heavy (non-hydrogen) atoms. The van der Waals surface area contributed by atoms with Gasteiger partial charge >= 0.3 is 5.97 Å². The molecule has 0 spiro atoms. The number of ether oxygens (including phenoxy) is 3. The van der Waals surface area contributed by atoms with Gasteiger partial charge in [0.25, 0.3) is 0 Å². The minimum atomic E-state index is -0.528. The average Bonchev–Trinajstić information content (AvgIpc) is 2.91. The number of hydrogen-bond acceptors (Lipinski definition) is 5. The number of aryl methyl sites for hydroxylation is 1. The maximum absolute atomic E-state index is 11.7. The molecule has 184 valence electrons. The number of aliphatic hydroxyl groups excluding tert-OH is 1. The SMILES string of the molecule is C=C(C)C(=O)OCOc1cc(-c2ccc3cc(-c4ccccc4CC)ccc3c2)ccc1OCCO. The predicted octanol–water partition coefficient (Wildman–Crippen LogP) is 6.56. The molecule has 1 N–H and O–H groups in total. The molecule has 0 fully saturated rings. The predicted molar refractivity (Wildman–Crippen MR) is 143 cm³/mol. The molecule has 4 aromatic rings. The van der Waals surface area contributed by atoms with Crippen LogP contribution in [0.5, 0.6) is 11.5 Å². The van der Waals surface area contributed by atoms with E-state index in [9.17, 15) is 4.79 Å². The summed E-state index contributed by atoms with van der Waals surface area (Å²) in [5.74, 6) is 0.348. The fraction of sp³-hybridized carbons (Fsp3) is 0.194. The summed E-state index contributed by atoms with van der Waals surface area (Å²) in [6.07, 6.45) is 0.988. The third-order valence-electron chi connectivity index (χ3n) is 5.93. The number of esters is 1. The highest BCUT2D eigenvalue weighted by Crippen LogP contribution is 2.35. The Kier molecular flexibility index (Phi) is 8.03. The molecular weight excluding hydrogens is 452 g/mol. The van der Waals surface area contributed by atoms with Gasteiger partial charge in [-0.2, -0.15) is 0 Å². The molecular formula is C31H30O5. The van der Waals surface area contributed by atoms with E-state index in [-0.39, 0.29) is 20.0 Å². The molecule has 4 rings (SSSR count). The summed E-state index contributed by atoms with van der Waals surface area (Å²) in [7, 11) is 0. The van der Waals surface area contributed by atoms with Crippen molar-refractivity contribution in [3.8, 4) is 33.8 Å². The molecule has 0 saturated heterocycles. The van der Waals surface area contributed by atoms with Gasteiger partial charge in [-0.25, -0.2) is 4.79 Å². The molecule has 0 aliphatic rings. The van der Waals surface area contributed by atoms with Crippen LogP contribution in [-0.4, -0.2) is 31.1 Å². The van der Waals surface area contributed by atoms with Crippen LogP contribution < -0.4 is 9.47 Å². The number of hydrogen-bond donors (Lipinski definition) is 1. The van der Waals surface area contributed by atoms with E-state index in [0.29, 0.717) is 17.1 Å². The Morgan fingerprint density at radius 2 is 1.50 bits per heavy atom. The maximum Gasteiger partial charge on any atom is 0.335 e. The number of aliphatic hydroxyl groups is 1. The highest BCUT2D eigenvalue weighted by molar-refractivity contribution is 5.91. The van der Waals surface area contributed by atoms with Crippen LogP contribution in [0.15, 0.2) is 91.0 Å². The summed E-state index contributed by atoms with van der Waals surface area (Å²) in [5, 5.41) is 11.4. The van der Waals surface area contributed by atoms with Crippen LogP contribution in [0.3, 0.4) is 0 Å². The Morgan fingerprint density at radius 3 is 2.22 bits per heavy atom. The maximum atomic E-state index is 11.7. The fourth-order valence-corrected chi connectivity index (χ4v) is 4.05. The third kappa shape index (κ3) is 5.75. The zero-order valence-electron chi connectivity index (χ0n) is 20.6. The van der Waals surface area contributed by atoms with E-state index in [1.54, 1.807) is 13.0 Å². The lowest BCUT2D eigenvalue weighted by Gasteiger charge is -2.14. The lowest BCUT2D eigenvalue weighted by atomic mass is 9.94. The minimum Gasteiger partial charge on any atom is -0.487 e. The van der Waals surface area contributed by atoms with Gasteiger partial charge in [0.2, 0.25) is 6.79 Å². The molecule has 5 heteroatoms. The molecule has 0 saturated carbocycles. The van der Waals surface area contributed by atoms with Gasteiger partial charge in [0, 0.05) is 5.57 Å². The third-order valence-corrected chi connectivity index (χ3v) is 5.93. The minimum absolute atomic E-state index is 0.124. The van der Waals surface area contributed by atoms with Crippen molar-refractivity contribution in [2.24, 2.45) is 0 Å². The van der Waals surface area contributed by atoms with Crippen LogP contribution in [-0.2, 0) is 16.0 Å². The zero-order valence-corrected chi connectivity index (χ0v) is 20.6. The van der Waals surface area contributed by atoms with Crippen LogP contribution in [0.2, 0.25) is 0 Å². The van der Waals surface area contributed by atoms with Crippen molar-refractivity contribution in [1.82, 2.24) is 0 Å². The topological polar surface area (TPSA) is 65.0 Å². The summed E-state index contributed by atoms with van der Waals surface area (Å²) in [4.78, 5) is 11.7. The van der Waals surface area contributed by atoms with Crippen LogP contribution in [0.1, 0.15) is 19.4 Å². The lowest BCUT2D eigenvalue weighted by Crippen LogP contribution is -2.11. The number of rotatable bonds is 10.